The molecule has 1 aliphatic rings. The predicted octanol–water partition coefficient (Wildman–Crippen LogP) is 2.07. The summed E-state index contributed by atoms with van der Waals surface area (Å²) in [7, 11) is 0. The minimum atomic E-state index is -0.404. The van der Waals surface area contributed by atoms with Gasteiger partial charge in [0.1, 0.15) is 0 Å². The highest BCUT2D eigenvalue weighted by Crippen LogP contribution is 2.17. The van der Waals surface area contributed by atoms with E-state index in [1.54, 1.807) is 0 Å². The highest BCUT2D eigenvalue weighted by atomic mass is 16.4. The molecule has 0 amide bonds. The Morgan fingerprint density at radius 3 is 3.16 bits per heavy atom. The number of benzene rings is 1. The summed E-state index contributed by atoms with van der Waals surface area (Å²) < 4.78 is 5.04. The highest BCUT2D eigenvalue weighted by molar-refractivity contribution is 5.76. The van der Waals surface area contributed by atoms with Gasteiger partial charge in [-0.15, -0.1) is 0 Å². The first-order valence-corrected chi connectivity index (χ1v) is 6.91. The normalized spacial score (nSPS) is 19.7. The van der Waals surface area contributed by atoms with Crippen LogP contribution in [0.5, 0.6) is 0 Å². The predicted molar refractivity (Wildman–Crippen MR) is 75.6 cm³/mol. The highest BCUT2D eigenvalue weighted by Gasteiger charge is 2.11. The smallest absolute Gasteiger partial charge is 0.408 e. The standard InChI is InChI=1S/C14H19N3O2/c18-14-17-12-5-4-11(9-13(12)19-14)16-8-6-10-3-1-2-7-15-10/h4-5,9-10,15-16H,1-3,6-8H2,(H,17,18). The van der Waals surface area contributed by atoms with Gasteiger partial charge in [-0.2, -0.15) is 0 Å². The average molecular weight is 261 g/mol. The maximum Gasteiger partial charge on any atom is 0.417 e. The number of aromatic nitrogens is 1. The minimum Gasteiger partial charge on any atom is -0.408 e. The molecule has 1 aromatic carbocycles. The van der Waals surface area contributed by atoms with Crippen LogP contribution in [0.3, 0.4) is 0 Å². The van der Waals surface area contributed by atoms with Gasteiger partial charge >= 0.3 is 5.76 Å². The van der Waals surface area contributed by atoms with Crippen LogP contribution in [-0.2, 0) is 0 Å². The van der Waals surface area contributed by atoms with Crippen LogP contribution in [0.15, 0.2) is 27.4 Å². The third-order valence-electron chi connectivity index (χ3n) is 3.66. The van der Waals surface area contributed by atoms with Crippen molar-refractivity contribution >= 4 is 16.8 Å². The van der Waals surface area contributed by atoms with Crippen LogP contribution in [0.25, 0.3) is 11.1 Å². The van der Waals surface area contributed by atoms with Crippen LogP contribution in [0.1, 0.15) is 25.7 Å². The molecular formula is C14H19N3O2. The Morgan fingerprint density at radius 1 is 1.37 bits per heavy atom. The lowest BCUT2D eigenvalue weighted by molar-refractivity contribution is 0.389. The number of hydrogen-bond donors (Lipinski definition) is 3. The molecule has 0 aliphatic carbocycles. The molecule has 102 valence electrons. The molecule has 19 heavy (non-hydrogen) atoms. The third-order valence-corrected chi connectivity index (χ3v) is 3.66. The lowest BCUT2D eigenvalue weighted by atomic mass is 10.0. The number of aromatic amines is 1. The van der Waals surface area contributed by atoms with Crippen molar-refractivity contribution in [1.29, 1.82) is 0 Å². The fourth-order valence-electron chi connectivity index (χ4n) is 2.62. The summed E-state index contributed by atoms with van der Waals surface area (Å²) in [5, 5.41) is 6.91. The fraction of sp³-hybridized carbons (Fsp3) is 0.500. The Labute approximate surface area is 111 Å². The van der Waals surface area contributed by atoms with Crippen molar-refractivity contribution < 1.29 is 4.42 Å². The molecule has 1 aliphatic heterocycles. The summed E-state index contributed by atoms with van der Waals surface area (Å²) in [6.45, 7) is 2.07. The molecule has 1 aromatic heterocycles. The van der Waals surface area contributed by atoms with Gasteiger partial charge in [-0.25, -0.2) is 4.79 Å². The van der Waals surface area contributed by atoms with Gasteiger partial charge in [0.2, 0.25) is 0 Å². The SMILES string of the molecule is O=c1[nH]c2ccc(NCCC3CCCCN3)cc2o1. The molecule has 0 radical (unpaired) electrons. The van der Waals surface area contributed by atoms with Gasteiger partial charge in [-0.1, -0.05) is 6.42 Å². The number of piperidine rings is 1. The van der Waals surface area contributed by atoms with Crippen molar-refractivity contribution in [3.05, 3.63) is 28.7 Å². The van der Waals surface area contributed by atoms with Crippen molar-refractivity contribution in [3.8, 4) is 0 Å². The molecule has 3 N–H and O–H groups in total. The number of anilines is 1. The Kier molecular flexibility index (Phi) is 3.55. The lowest BCUT2D eigenvalue weighted by Crippen LogP contribution is -2.35. The van der Waals surface area contributed by atoms with Crippen LogP contribution < -0.4 is 16.4 Å². The molecule has 0 saturated carbocycles. The van der Waals surface area contributed by atoms with Crippen LogP contribution >= 0.6 is 0 Å². The second-order valence-electron chi connectivity index (χ2n) is 5.09. The van der Waals surface area contributed by atoms with Crippen molar-refractivity contribution in [2.24, 2.45) is 0 Å². The van der Waals surface area contributed by atoms with E-state index in [0.717, 1.165) is 30.7 Å². The Morgan fingerprint density at radius 2 is 2.32 bits per heavy atom. The Bertz CT molecular complexity index is 596. The van der Waals surface area contributed by atoms with Crippen LogP contribution in [0.4, 0.5) is 5.69 Å². The zero-order valence-electron chi connectivity index (χ0n) is 10.9. The van der Waals surface area contributed by atoms with Crippen LogP contribution in [0.2, 0.25) is 0 Å². The quantitative estimate of drug-likeness (QED) is 0.788. The van der Waals surface area contributed by atoms with E-state index in [0.29, 0.717) is 11.6 Å². The second-order valence-corrected chi connectivity index (χ2v) is 5.09. The number of oxazole rings is 1. The fourth-order valence-corrected chi connectivity index (χ4v) is 2.62. The van der Waals surface area contributed by atoms with E-state index < -0.39 is 5.76 Å². The molecule has 3 rings (SSSR count). The van der Waals surface area contributed by atoms with Crippen LogP contribution in [-0.4, -0.2) is 24.1 Å². The van der Waals surface area contributed by atoms with Crippen molar-refractivity contribution in [2.75, 3.05) is 18.4 Å². The van der Waals surface area contributed by atoms with Gasteiger partial charge in [0.05, 0.1) is 5.52 Å². The van der Waals surface area contributed by atoms with Crippen molar-refractivity contribution in [2.45, 2.75) is 31.7 Å². The first kappa shape index (κ1) is 12.3. The largest absolute Gasteiger partial charge is 0.417 e. The molecule has 1 fully saturated rings. The molecule has 5 nitrogen and oxygen atoms in total. The molecule has 1 atom stereocenters. The maximum absolute atomic E-state index is 11.1. The van der Waals surface area contributed by atoms with Crippen molar-refractivity contribution in [1.82, 2.24) is 10.3 Å². The lowest BCUT2D eigenvalue weighted by Gasteiger charge is -2.23. The monoisotopic (exact) mass is 261 g/mol. The first-order chi connectivity index (χ1) is 9.31. The minimum absolute atomic E-state index is 0.404. The molecule has 5 heteroatoms. The summed E-state index contributed by atoms with van der Waals surface area (Å²) in [5.41, 5.74) is 2.33. The molecule has 2 aromatic rings. The van der Waals surface area contributed by atoms with E-state index in [2.05, 4.69) is 15.6 Å². The Hall–Kier alpha value is -1.75. The van der Waals surface area contributed by atoms with Gasteiger partial charge in [0.25, 0.3) is 0 Å². The maximum atomic E-state index is 11.1. The molecular weight excluding hydrogens is 242 g/mol. The van der Waals surface area contributed by atoms with Crippen molar-refractivity contribution in [3.63, 3.8) is 0 Å². The third kappa shape index (κ3) is 2.98. The molecule has 1 saturated heterocycles. The van der Waals surface area contributed by atoms with Gasteiger partial charge in [0, 0.05) is 24.3 Å². The summed E-state index contributed by atoms with van der Waals surface area (Å²) in [4.78, 5) is 13.7. The number of H-pyrrole nitrogens is 1. The second kappa shape index (κ2) is 5.48. The van der Waals surface area contributed by atoms with Gasteiger partial charge in [-0.3, -0.25) is 4.98 Å². The van der Waals surface area contributed by atoms with E-state index in [9.17, 15) is 4.79 Å². The van der Waals surface area contributed by atoms with Gasteiger partial charge in [0.15, 0.2) is 5.58 Å². The van der Waals surface area contributed by atoms with Gasteiger partial charge in [-0.05, 0) is 37.9 Å². The van der Waals surface area contributed by atoms with E-state index in [-0.39, 0.29) is 0 Å². The zero-order chi connectivity index (χ0) is 13.1. The topological polar surface area (TPSA) is 70.1 Å². The number of fused-ring (bicyclic) bond motifs is 1. The number of rotatable bonds is 4. The number of nitrogens with one attached hydrogen (secondary N) is 3. The Balaban J connectivity index is 1.57. The van der Waals surface area contributed by atoms with E-state index in [4.69, 9.17) is 4.42 Å². The molecule has 0 bridgehead atoms. The van der Waals surface area contributed by atoms with Crippen LogP contribution in [0, 0.1) is 0 Å². The molecule has 2 heterocycles. The molecule has 0 spiro atoms. The summed E-state index contributed by atoms with van der Waals surface area (Å²) >= 11 is 0. The molecule has 1 unspecified atom stereocenters. The number of hydrogen-bond acceptors (Lipinski definition) is 4. The van der Waals surface area contributed by atoms with E-state index >= 15 is 0 Å². The average Bonchev–Trinajstić information content (AvgIpc) is 2.79. The summed E-state index contributed by atoms with van der Waals surface area (Å²) in [5.74, 6) is -0.404. The van der Waals surface area contributed by atoms with Gasteiger partial charge < -0.3 is 15.1 Å². The first-order valence-electron chi connectivity index (χ1n) is 6.91. The zero-order valence-corrected chi connectivity index (χ0v) is 10.9. The van der Waals surface area contributed by atoms with E-state index in [1.807, 2.05) is 18.2 Å². The summed E-state index contributed by atoms with van der Waals surface area (Å²) in [6, 6.07) is 6.32. The van der Waals surface area contributed by atoms with E-state index in [1.165, 1.54) is 19.3 Å². The summed E-state index contributed by atoms with van der Waals surface area (Å²) in [6.07, 6.45) is 5.02.